The van der Waals surface area contributed by atoms with Crippen LogP contribution in [0.1, 0.15) is 55.4 Å². The summed E-state index contributed by atoms with van der Waals surface area (Å²) in [7, 11) is 0. The van der Waals surface area contributed by atoms with E-state index in [1.54, 1.807) is 11.4 Å². The van der Waals surface area contributed by atoms with Crippen LogP contribution in [0.15, 0.2) is 6.07 Å². The minimum atomic E-state index is -4.59. The lowest BCUT2D eigenvalue weighted by Gasteiger charge is -2.15. The molecule has 0 unspecified atom stereocenters. The van der Waals surface area contributed by atoms with Crippen molar-refractivity contribution < 1.29 is 13.2 Å². The van der Waals surface area contributed by atoms with Crippen LogP contribution in [0.2, 0.25) is 0 Å². The van der Waals surface area contributed by atoms with E-state index in [9.17, 15) is 13.2 Å². The number of rotatable bonds is 7. The molecule has 0 saturated carbocycles. The van der Waals surface area contributed by atoms with Crippen molar-refractivity contribution in [3.8, 4) is 10.4 Å². The van der Waals surface area contributed by atoms with Crippen molar-refractivity contribution in [2.45, 2.75) is 52.6 Å². The Labute approximate surface area is 183 Å². The maximum Gasteiger partial charge on any atom is 0.434 e. The topological polar surface area (TPSA) is 81.1 Å². The van der Waals surface area contributed by atoms with Crippen LogP contribution in [-0.4, -0.2) is 32.7 Å². The number of halogens is 4. The number of nitrogens with zero attached hydrogens (tertiary/aromatic N) is 4. The van der Waals surface area contributed by atoms with E-state index in [1.165, 1.54) is 0 Å². The number of hydrogen-bond donors (Lipinski definition) is 2. The minimum Gasteiger partial charge on any atom is -0.360 e. The van der Waals surface area contributed by atoms with E-state index in [2.05, 4.69) is 34.2 Å². The van der Waals surface area contributed by atoms with E-state index in [0.29, 0.717) is 30.0 Å². The maximum atomic E-state index is 13.7. The van der Waals surface area contributed by atoms with E-state index in [0.717, 1.165) is 35.6 Å². The van der Waals surface area contributed by atoms with Gasteiger partial charge in [-0.25, -0.2) is 14.5 Å². The van der Waals surface area contributed by atoms with E-state index in [1.807, 2.05) is 13.0 Å². The van der Waals surface area contributed by atoms with Crippen molar-refractivity contribution in [2.75, 3.05) is 18.4 Å². The molecule has 11 heteroatoms. The zero-order valence-electron chi connectivity index (χ0n) is 17.3. The lowest BCUT2D eigenvalue weighted by atomic mass is 9.98. The Bertz CT molecular complexity index is 1010. The van der Waals surface area contributed by atoms with Gasteiger partial charge < -0.3 is 11.1 Å². The number of alkyl halides is 3. The first-order chi connectivity index (χ1) is 13.7. The smallest absolute Gasteiger partial charge is 0.360 e. The predicted octanol–water partition coefficient (Wildman–Crippen LogP) is 5.18. The lowest BCUT2D eigenvalue weighted by Crippen LogP contribution is -2.13. The average Bonchev–Trinajstić information content (AvgIpc) is 3.21. The largest absolute Gasteiger partial charge is 0.434 e. The zero-order valence-corrected chi connectivity index (χ0v) is 18.9. The highest BCUT2D eigenvalue weighted by Crippen LogP contribution is 2.44. The predicted molar refractivity (Wildman–Crippen MR) is 117 cm³/mol. The second kappa shape index (κ2) is 9.49. The first-order valence-electron chi connectivity index (χ1n) is 9.60. The van der Waals surface area contributed by atoms with Gasteiger partial charge in [0.2, 0.25) is 0 Å². The second-order valence-electron chi connectivity index (χ2n) is 6.94. The fourth-order valence-electron chi connectivity index (χ4n) is 3.47. The average molecular weight is 463 g/mol. The van der Waals surface area contributed by atoms with E-state index in [-0.39, 0.29) is 28.3 Å². The van der Waals surface area contributed by atoms with Gasteiger partial charge in [-0.3, -0.25) is 0 Å². The number of nitrogens with two attached hydrogens (primary N) is 1. The maximum absolute atomic E-state index is 13.7. The molecule has 0 bridgehead atoms. The minimum absolute atomic E-state index is 0. The monoisotopic (exact) mass is 462 g/mol. The molecule has 0 fully saturated rings. The third-order valence-electron chi connectivity index (χ3n) is 4.87. The normalized spacial score (nSPS) is 11.9. The molecule has 0 aliphatic carbocycles. The Hall–Kier alpha value is -1.91. The molecule has 3 rings (SSSR count). The summed E-state index contributed by atoms with van der Waals surface area (Å²) >= 11 is 0.954. The molecule has 0 aliphatic rings. The molecule has 0 aliphatic heterocycles. The van der Waals surface area contributed by atoms with Crippen LogP contribution < -0.4 is 11.1 Å². The Morgan fingerprint density at radius 3 is 2.43 bits per heavy atom. The van der Waals surface area contributed by atoms with Crippen molar-refractivity contribution in [2.24, 2.45) is 5.73 Å². The number of nitrogens with one attached hydrogen (secondary N) is 1. The molecule has 0 amide bonds. The summed E-state index contributed by atoms with van der Waals surface area (Å²) in [4.78, 5) is 8.37. The molecular formula is C19H26ClF3N6S. The SMILES string of the molecule is CCC(CC)c1cc(C)nc2c(-c3sc(NCCN)nc3C(F)(F)F)c(C)nn12.Cl. The molecule has 166 valence electrons. The Morgan fingerprint density at radius 1 is 1.20 bits per heavy atom. The number of anilines is 1. The molecule has 3 N–H and O–H groups in total. The van der Waals surface area contributed by atoms with Crippen molar-refractivity contribution in [3.63, 3.8) is 0 Å². The summed E-state index contributed by atoms with van der Waals surface area (Å²) in [5, 5.41) is 7.60. The van der Waals surface area contributed by atoms with Gasteiger partial charge in [0.1, 0.15) is 0 Å². The number of fused-ring (bicyclic) bond motifs is 1. The van der Waals surface area contributed by atoms with Crippen LogP contribution >= 0.6 is 23.7 Å². The molecule has 0 atom stereocenters. The molecule has 3 aromatic heterocycles. The Balaban J connectivity index is 0.00000320. The first-order valence-corrected chi connectivity index (χ1v) is 10.4. The highest BCUT2D eigenvalue weighted by atomic mass is 35.5. The van der Waals surface area contributed by atoms with Gasteiger partial charge in [0.25, 0.3) is 0 Å². The summed E-state index contributed by atoms with van der Waals surface area (Å²) < 4.78 is 42.9. The fraction of sp³-hybridized carbons (Fsp3) is 0.526. The summed E-state index contributed by atoms with van der Waals surface area (Å²) in [5.41, 5.74) is 7.56. The van der Waals surface area contributed by atoms with Crippen molar-refractivity contribution in [1.82, 2.24) is 19.6 Å². The standard InChI is InChI=1S/C19H25F3N6S.ClH/c1-5-12(6-2)13-9-10(3)25-17-14(11(4)27-28(13)17)15-16(19(20,21)22)26-18(29-15)24-8-7-23;/h9,12H,5-8,23H2,1-4H3,(H,24,26);1H. The highest BCUT2D eigenvalue weighted by molar-refractivity contribution is 7.19. The summed E-state index contributed by atoms with van der Waals surface area (Å²) in [6.45, 7) is 8.38. The summed E-state index contributed by atoms with van der Waals surface area (Å²) in [5.74, 6) is 0.247. The van der Waals surface area contributed by atoms with E-state index in [4.69, 9.17) is 5.73 Å². The Kier molecular flexibility index (Phi) is 7.70. The van der Waals surface area contributed by atoms with Gasteiger partial charge in [-0.05, 0) is 32.8 Å². The summed E-state index contributed by atoms with van der Waals surface area (Å²) in [6.07, 6.45) is -2.77. The number of thiazole rings is 1. The highest BCUT2D eigenvalue weighted by Gasteiger charge is 2.39. The van der Waals surface area contributed by atoms with Crippen LogP contribution in [0, 0.1) is 13.8 Å². The third-order valence-corrected chi connectivity index (χ3v) is 5.90. The number of hydrogen-bond acceptors (Lipinski definition) is 6. The number of aryl methyl sites for hydroxylation is 2. The molecular weight excluding hydrogens is 437 g/mol. The zero-order chi connectivity index (χ0) is 21.3. The van der Waals surface area contributed by atoms with Gasteiger partial charge in [0.15, 0.2) is 16.5 Å². The van der Waals surface area contributed by atoms with Crippen LogP contribution in [0.5, 0.6) is 0 Å². The van der Waals surface area contributed by atoms with E-state index >= 15 is 0 Å². The molecule has 30 heavy (non-hydrogen) atoms. The van der Waals surface area contributed by atoms with Gasteiger partial charge in [0.05, 0.1) is 16.1 Å². The van der Waals surface area contributed by atoms with Crippen LogP contribution in [0.4, 0.5) is 18.3 Å². The molecule has 6 nitrogen and oxygen atoms in total. The van der Waals surface area contributed by atoms with Crippen molar-refractivity contribution in [1.29, 1.82) is 0 Å². The third kappa shape index (κ3) is 4.55. The van der Waals surface area contributed by atoms with Gasteiger partial charge in [0, 0.05) is 30.4 Å². The molecule has 0 aromatic carbocycles. The van der Waals surface area contributed by atoms with Crippen LogP contribution in [0.25, 0.3) is 16.1 Å². The lowest BCUT2D eigenvalue weighted by molar-refractivity contribution is -0.140. The van der Waals surface area contributed by atoms with Gasteiger partial charge in [-0.2, -0.15) is 18.3 Å². The molecule has 0 spiro atoms. The molecule has 3 heterocycles. The Morgan fingerprint density at radius 2 is 1.87 bits per heavy atom. The first kappa shape index (κ1) is 24.4. The second-order valence-corrected chi connectivity index (χ2v) is 7.94. The molecule has 0 radical (unpaired) electrons. The fourth-order valence-corrected chi connectivity index (χ4v) is 4.58. The molecule has 0 saturated heterocycles. The van der Waals surface area contributed by atoms with Gasteiger partial charge in [-0.1, -0.05) is 25.2 Å². The van der Waals surface area contributed by atoms with E-state index < -0.39 is 11.9 Å². The van der Waals surface area contributed by atoms with Gasteiger partial charge >= 0.3 is 6.18 Å². The van der Waals surface area contributed by atoms with Crippen molar-refractivity contribution >= 4 is 34.5 Å². The van der Waals surface area contributed by atoms with Crippen LogP contribution in [-0.2, 0) is 6.18 Å². The molecule has 3 aromatic rings. The quantitative estimate of drug-likeness (QED) is 0.505. The van der Waals surface area contributed by atoms with Crippen LogP contribution in [0.3, 0.4) is 0 Å². The number of aromatic nitrogens is 4. The van der Waals surface area contributed by atoms with Crippen molar-refractivity contribution in [3.05, 3.63) is 28.8 Å². The summed E-state index contributed by atoms with van der Waals surface area (Å²) in [6, 6.07) is 1.96. The van der Waals surface area contributed by atoms with Gasteiger partial charge in [-0.15, -0.1) is 12.4 Å².